The molecule has 2 aromatic heterocycles. The number of aromatic amines is 1. The molecule has 0 amide bonds. The first-order valence-corrected chi connectivity index (χ1v) is 4.12. The molecule has 0 unspecified atom stereocenters. The Hall–Kier alpha value is -1.23. The second-order valence-corrected chi connectivity index (χ2v) is 3.14. The molecular weight excluding hydrogens is 220 g/mol. The van der Waals surface area contributed by atoms with Crippen molar-refractivity contribution in [2.24, 2.45) is 0 Å². The highest BCUT2D eigenvalue weighted by Crippen LogP contribution is 2.16. The number of pyridine rings is 1. The number of nitrogens with one attached hydrogen (secondary N) is 1. The van der Waals surface area contributed by atoms with Gasteiger partial charge in [-0.05, 0) is 22.0 Å². The maximum atomic E-state index is 4.01. The summed E-state index contributed by atoms with van der Waals surface area (Å²) in [6.07, 6.45) is 4.92. The van der Waals surface area contributed by atoms with E-state index in [9.17, 15) is 0 Å². The average molecular weight is 225 g/mol. The molecule has 4 nitrogen and oxygen atoms in total. The molecule has 12 heavy (non-hydrogen) atoms. The summed E-state index contributed by atoms with van der Waals surface area (Å²) < 4.78 is 0.927. The lowest BCUT2D eigenvalue weighted by atomic mass is 10.3. The number of rotatable bonds is 1. The van der Waals surface area contributed by atoms with E-state index >= 15 is 0 Å². The summed E-state index contributed by atoms with van der Waals surface area (Å²) in [5.41, 5.74) is 0.918. The Bertz CT molecular complexity index is 371. The minimum atomic E-state index is 0.726. The van der Waals surface area contributed by atoms with Crippen LogP contribution in [0.1, 0.15) is 0 Å². The highest BCUT2D eigenvalue weighted by Gasteiger charge is 1.99. The van der Waals surface area contributed by atoms with Gasteiger partial charge in [0.05, 0.1) is 0 Å². The standard InChI is InChI=1S/C7H5BrN4/c8-6-1-5(2-9-3-6)7-10-4-11-12-7/h1-4H,(H,10,11,12). The van der Waals surface area contributed by atoms with E-state index in [2.05, 4.69) is 36.1 Å². The fourth-order valence-electron chi connectivity index (χ4n) is 0.886. The molecule has 0 saturated carbocycles. The summed E-state index contributed by atoms with van der Waals surface area (Å²) in [6.45, 7) is 0. The van der Waals surface area contributed by atoms with Gasteiger partial charge < -0.3 is 0 Å². The van der Waals surface area contributed by atoms with Crippen LogP contribution in [0.5, 0.6) is 0 Å². The Labute approximate surface area is 77.2 Å². The normalized spacial score (nSPS) is 10.1. The van der Waals surface area contributed by atoms with Gasteiger partial charge in [-0.1, -0.05) is 0 Å². The molecule has 0 bridgehead atoms. The van der Waals surface area contributed by atoms with Gasteiger partial charge in [-0.25, -0.2) is 4.98 Å². The molecule has 0 radical (unpaired) electrons. The average Bonchev–Trinajstić information content (AvgIpc) is 2.56. The lowest BCUT2D eigenvalue weighted by molar-refractivity contribution is 1.09. The van der Waals surface area contributed by atoms with Crippen LogP contribution in [0.15, 0.2) is 29.3 Å². The van der Waals surface area contributed by atoms with Crippen molar-refractivity contribution in [3.05, 3.63) is 29.3 Å². The third-order valence-electron chi connectivity index (χ3n) is 1.39. The van der Waals surface area contributed by atoms with Crippen molar-refractivity contribution in [3.8, 4) is 11.4 Å². The van der Waals surface area contributed by atoms with Gasteiger partial charge in [0.15, 0.2) is 5.82 Å². The van der Waals surface area contributed by atoms with Gasteiger partial charge in [-0.15, -0.1) is 0 Å². The van der Waals surface area contributed by atoms with Crippen molar-refractivity contribution in [2.75, 3.05) is 0 Å². The fraction of sp³-hybridized carbons (Fsp3) is 0. The molecule has 0 saturated heterocycles. The van der Waals surface area contributed by atoms with Gasteiger partial charge in [0, 0.05) is 22.4 Å². The zero-order valence-electron chi connectivity index (χ0n) is 6.03. The van der Waals surface area contributed by atoms with Crippen LogP contribution in [0.25, 0.3) is 11.4 Å². The molecule has 0 aromatic carbocycles. The Kier molecular flexibility index (Phi) is 1.87. The van der Waals surface area contributed by atoms with Gasteiger partial charge in [-0.2, -0.15) is 5.10 Å². The molecule has 0 aliphatic heterocycles. The van der Waals surface area contributed by atoms with E-state index in [1.165, 1.54) is 6.33 Å². The SMILES string of the molecule is Brc1cncc(-c2ncn[nH]2)c1. The van der Waals surface area contributed by atoms with Crippen LogP contribution < -0.4 is 0 Å². The van der Waals surface area contributed by atoms with Crippen LogP contribution >= 0.6 is 15.9 Å². The lowest BCUT2D eigenvalue weighted by Gasteiger charge is -1.94. The molecule has 2 rings (SSSR count). The zero-order chi connectivity index (χ0) is 8.39. The maximum Gasteiger partial charge on any atom is 0.157 e. The number of nitrogens with zero attached hydrogens (tertiary/aromatic N) is 3. The number of halogens is 1. The summed E-state index contributed by atoms with van der Waals surface area (Å²) in [4.78, 5) is 8.01. The Morgan fingerprint density at radius 1 is 1.33 bits per heavy atom. The Morgan fingerprint density at radius 2 is 2.25 bits per heavy atom. The molecule has 2 aromatic rings. The van der Waals surface area contributed by atoms with Crippen LogP contribution in [0, 0.1) is 0 Å². The number of hydrogen-bond acceptors (Lipinski definition) is 3. The minimum Gasteiger partial charge on any atom is -0.263 e. The van der Waals surface area contributed by atoms with E-state index in [0.717, 1.165) is 15.9 Å². The summed E-state index contributed by atoms with van der Waals surface area (Å²) in [6, 6.07) is 1.92. The molecule has 2 heterocycles. The molecule has 0 spiro atoms. The predicted molar refractivity (Wildman–Crippen MR) is 47.3 cm³/mol. The Morgan fingerprint density at radius 3 is 2.92 bits per heavy atom. The van der Waals surface area contributed by atoms with Crippen LogP contribution in [-0.2, 0) is 0 Å². The number of aromatic nitrogens is 4. The second kappa shape index (κ2) is 3.02. The summed E-state index contributed by atoms with van der Waals surface area (Å²) in [5, 5.41) is 6.51. The van der Waals surface area contributed by atoms with Crippen LogP contribution in [0.4, 0.5) is 0 Å². The molecular formula is C7H5BrN4. The van der Waals surface area contributed by atoms with Gasteiger partial charge in [0.2, 0.25) is 0 Å². The summed E-state index contributed by atoms with van der Waals surface area (Å²) in [7, 11) is 0. The first kappa shape index (κ1) is 7.42. The quantitative estimate of drug-likeness (QED) is 0.802. The lowest BCUT2D eigenvalue weighted by Crippen LogP contribution is -1.82. The van der Waals surface area contributed by atoms with E-state index in [1.807, 2.05) is 6.07 Å². The second-order valence-electron chi connectivity index (χ2n) is 2.23. The van der Waals surface area contributed by atoms with Crippen LogP contribution in [-0.4, -0.2) is 20.2 Å². The van der Waals surface area contributed by atoms with Crippen molar-refractivity contribution in [2.45, 2.75) is 0 Å². The third kappa shape index (κ3) is 1.35. The molecule has 0 aliphatic rings. The van der Waals surface area contributed by atoms with Crippen molar-refractivity contribution in [1.29, 1.82) is 0 Å². The van der Waals surface area contributed by atoms with E-state index in [-0.39, 0.29) is 0 Å². The highest BCUT2D eigenvalue weighted by molar-refractivity contribution is 9.10. The van der Waals surface area contributed by atoms with Gasteiger partial charge in [0.25, 0.3) is 0 Å². The molecule has 0 atom stereocenters. The van der Waals surface area contributed by atoms with E-state index < -0.39 is 0 Å². The van der Waals surface area contributed by atoms with E-state index in [1.54, 1.807) is 12.4 Å². The fourth-order valence-corrected chi connectivity index (χ4v) is 1.25. The van der Waals surface area contributed by atoms with Crippen molar-refractivity contribution in [1.82, 2.24) is 20.2 Å². The van der Waals surface area contributed by atoms with E-state index in [4.69, 9.17) is 0 Å². The number of hydrogen-bond donors (Lipinski definition) is 1. The largest absolute Gasteiger partial charge is 0.263 e. The van der Waals surface area contributed by atoms with Gasteiger partial charge >= 0.3 is 0 Å². The van der Waals surface area contributed by atoms with Crippen molar-refractivity contribution >= 4 is 15.9 Å². The van der Waals surface area contributed by atoms with Crippen LogP contribution in [0.3, 0.4) is 0 Å². The number of H-pyrrole nitrogens is 1. The summed E-state index contributed by atoms with van der Waals surface area (Å²) in [5.74, 6) is 0.726. The predicted octanol–water partition coefficient (Wildman–Crippen LogP) is 1.63. The Balaban J connectivity index is 2.48. The molecule has 1 N–H and O–H groups in total. The first-order chi connectivity index (χ1) is 5.86. The highest BCUT2D eigenvalue weighted by atomic mass is 79.9. The summed E-state index contributed by atoms with van der Waals surface area (Å²) >= 11 is 3.32. The monoisotopic (exact) mass is 224 g/mol. The first-order valence-electron chi connectivity index (χ1n) is 3.32. The van der Waals surface area contributed by atoms with Crippen molar-refractivity contribution in [3.63, 3.8) is 0 Å². The smallest absolute Gasteiger partial charge is 0.157 e. The molecule has 60 valence electrons. The third-order valence-corrected chi connectivity index (χ3v) is 1.83. The maximum absolute atomic E-state index is 4.01. The zero-order valence-corrected chi connectivity index (χ0v) is 7.62. The van der Waals surface area contributed by atoms with Crippen molar-refractivity contribution < 1.29 is 0 Å². The van der Waals surface area contributed by atoms with E-state index in [0.29, 0.717) is 0 Å². The van der Waals surface area contributed by atoms with Gasteiger partial charge in [0.1, 0.15) is 6.33 Å². The molecule has 0 fully saturated rings. The van der Waals surface area contributed by atoms with Gasteiger partial charge in [-0.3, -0.25) is 10.1 Å². The van der Waals surface area contributed by atoms with Crippen LogP contribution in [0.2, 0.25) is 0 Å². The minimum absolute atomic E-state index is 0.726. The molecule has 5 heteroatoms. The molecule has 0 aliphatic carbocycles. The topological polar surface area (TPSA) is 54.5 Å².